The lowest BCUT2D eigenvalue weighted by Gasteiger charge is -2.21. The molecule has 5 heteroatoms. The Morgan fingerprint density at radius 2 is 2.40 bits per heavy atom. The number of hydrogen-bond donors (Lipinski definition) is 1. The second-order valence-electron chi connectivity index (χ2n) is 3.65. The van der Waals surface area contributed by atoms with Gasteiger partial charge >= 0.3 is 0 Å². The molecule has 0 aliphatic carbocycles. The van der Waals surface area contributed by atoms with E-state index in [1.54, 1.807) is 18.4 Å². The lowest BCUT2D eigenvalue weighted by Crippen LogP contribution is -2.35. The summed E-state index contributed by atoms with van der Waals surface area (Å²) in [5.74, 6) is 0. The van der Waals surface area contributed by atoms with Crippen molar-refractivity contribution < 1.29 is 4.74 Å². The quantitative estimate of drug-likeness (QED) is 0.786. The van der Waals surface area contributed by atoms with Crippen molar-refractivity contribution in [1.29, 1.82) is 0 Å². The molecule has 0 bridgehead atoms. The fourth-order valence-electron chi connectivity index (χ4n) is 1.38. The van der Waals surface area contributed by atoms with E-state index >= 15 is 0 Å². The molecular weight excluding hydrogens is 210 g/mol. The van der Waals surface area contributed by atoms with Gasteiger partial charge < -0.3 is 10.5 Å². The van der Waals surface area contributed by atoms with Crippen molar-refractivity contribution in [2.45, 2.75) is 19.6 Å². The van der Waals surface area contributed by atoms with Gasteiger partial charge in [-0.1, -0.05) is 0 Å². The minimum atomic E-state index is 0.114. The number of aromatic nitrogens is 1. The Bertz CT molecular complexity index is 286. The largest absolute Gasteiger partial charge is 0.379 e. The Hall–Kier alpha value is -0.490. The van der Waals surface area contributed by atoms with Gasteiger partial charge in [-0.3, -0.25) is 4.90 Å². The van der Waals surface area contributed by atoms with Crippen molar-refractivity contribution in [3.8, 4) is 0 Å². The third kappa shape index (κ3) is 3.87. The highest BCUT2D eigenvalue weighted by Crippen LogP contribution is 2.14. The van der Waals surface area contributed by atoms with Crippen LogP contribution in [-0.4, -0.2) is 43.2 Å². The van der Waals surface area contributed by atoms with Crippen LogP contribution in [0.1, 0.15) is 10.6 Å². The molecule has 4 nitrogen and oxygen atoms in total. The van der Waals surface area contributed by atoms with Crippen LogP contribution in [-0.2, 0) is 11.3 Å². The Morgan fingerprint density at radius 1 is 1.67 bits per heavy atom. The molecular formula is C10H19N3OS. The zero-order valence-corrected chi connectivity index (χ0v) is 10.4. The molecule has 86 valence electrons. The minimum Gasteiger partial charge on any atom is -0.379 e. The number of hydrogen-bond acceptors (Lipinski definition) is 5. The zero-order valence-electron chi connectivity index (χ0n) is 9.56. The van der Waals surface area contributed by atoms with Crippen LogP contribution in [0.2, 0.25) is 0 Å². The predicted molar refractivity (Wildman–Crippen MR) is 63.0 cm³/mol. The van der Waals surface area contributed by atoms with Gasteiger partial charge in [0.2, 0.25) is 0 Å². The molecule has 1 rings (SSSR count). The molecule has 0 saturated heterocycles. The summed E-state index contributed by atoms with van der Waals surface area (Å²) < 4.78 is 5.24. The first kappa shape index (κ1) is 12.6. The molecule has 0 aliphatic heterocycles. The van der Waals surface area contributed by atoms with Crippen molar-refractivity contribution >= 4 is 11.3 Å². The van der Waals surface area contributed by atoms with E-state index in [1.807, 2.05) is 12.4 Å². The van der Waals surface area contributed by atoms with Crippen LogP contribution in [0.5, 0.6) is 0 Å². The van der Waals surface area contributed by atoms with Gasteiger partial charge in [0.05, 0.1) is 17.3 Å². The molecule has 1 aromatic heterocycles. The van der Waals surface area contributed by atoms with E-state index in [0.29, 0.717) is 6.54 Å². The summed E-state index contributed by atoms with van der Waals surface area (Å²) in [5.41, 5.74) is 8.58. The van der Waals surface area contributed by atoms with E-state index in [0.717, 1.165) is 18.8 Å². The van der Waals surface area contributed by atoms with Crippen LogP contribution in [0.4, 0.5) is 0 Å². The van der Waals surface area contributed by atoms with Crippen molar-refractivity contribution in [3.63, 3.8) is 0 Å². The van der Waals surface area contributed by atoms with Gasteiger partial charge in [-0.25, -0.2) is 4.98 Å². The molecule has 2 N–H and O–H groups in total. The lowest BCUT2D eigenvalue weighted by molar-refractivity contribution is 0.0763. The first-order valence-electron chi connectivity index (χ1n) is 4.97. The maximum absolute atomic E-state index is 5.57. The lowest BCUT2D eigenvalue weighted by atomic mass is 10.3. The molecule has 0 fully saturated rings. The van der Waals surface area contributed by atoms with Crippen molar-refractivity contribution in [1.82, 2.24) is 9.88 Å². The summed E-state index contributed by atoms with van der Waals surface area (Å²) in [7, 11) is 3.77. The van der Waals surface area contributed by atoms with E-state index in [2.05, 4.69) is 16.9 Å². The Kier molecular flexibility index (Phi) is 5.17. The summed E-state index contributed by atoms with van der Waals surface area (Å²) in [5, 5.41) is 0. The highest BCUT2D eigenvalue weighted by molar-refractivity contribution is 7.09. The fourth-order valence-corrected chi connectivity index (χ4v) is 2.24. The van der Waals surface area contributed by atoms with E-state index < -0.39 is 0 Å². The van der Waals surface area contributed by atoms with Crippen LogP contribution in [0.25, 0.3) is 0 Å². The first-order valence-corrected chi connectivity index (χ1v) is 5.85. The first-order chi connectivity index (χ1) is 7.17. The molecule has 0 aliphatic rings. The van der Waals surface area contributed by atoms with Crippen molar-refractivity contribution in [2.75, 3.05) is 27.2 Å². The number of thiazole rings is 1. The number of nitrogens with zero attached hydrogens (tertiary/aromatic N) is 2. The van der Waals surface area contributed by atoms with Gasteiger partial charge in [0.15, 0.2) is 0 Å². The summed E-state index contributed by atoms with van der Waals surface area (Å²) in [6.07, 6.45) is 0.114. The Morgan fingerprint density at radius 3 is 2.87 bits per heavy atom. The SMILES string of the molecule is COC(CN)CN(C)Cc1scnc1C. The molecule has 0 radical (unpaired) electrons. The van der Waals surface area contributed by atoms with Gasteiger partial charge in [-0.2, -0.15) is 0 Å². The van der Waals surface area contributed by atoms with E-state index in [9.17, 15) is 0 Å². The molecule has 0 spiro atoms. The molecule has 0 saturated carbocycles. The third-order valence-electron chi connectivity index (χ3n) is 2.37. The number of rotatable bonds is 6. The molecule has 15 heavy (non-hydrogen) atoms. The van der Waals surface area contributed by atoms with Gasteiger partial charge in [0.1, 0.15) is 0 Å². The monoisotopic (exact) mass is 229 g/mol. The summed E-state index contributed by atoms with van der Waals surface area (Å²) in [4.78, 5) is 7.74. The molecule has 1 unspecified atom stereocenters. The average molecular weight is 229 g/mol. The Balaban J connectivity index is 2.42. The number of ether oxygens (including phenoxy) is 1. The number of nitrogens with two attached hydrogens (primary N) is 1. The van der Waals surface area contributed by atoms with Crippen molar-refractivity contribution in [3.05, 3.63) is 16.1 Å². The number of aryl methyl sites for hydroxylation is 1. The minimum absolute atomic E-state index is 0.114. The number of likely N-dealkylation sites (N-methyl/N-ethyl adjacent to an activating group) is 1. The Labute approximate surface area is 95.1 Å². The van der Waals surface area contributed by atoms with E-state index in [1.165, 1.54) is 4.88 Å². The highest BCUT2D eigenvalue weighted by atomic mass is 32.1. The second kappa shape index (κ2) is 6.17. The molecule has 1 atom stereocenters. The van der Waals surface area contributed by atoms with Gasteiger partial charge in [-0.05, 0) is 14.0 Å². The summed E-state index contributed by atoms with van der Waals surface area (Å²) in [6, 6.07) is 0. The second-order valence-corrected chi connectivity index (χ2v) is 4.59. The smallest absolute Gasteiger partial charge is 0.0820 e. The average Bonchev–Trinajstić information content (AvgIpc) is 2.61. The maximum Gasteiger partial charge on any atom is 0.0820 e. The molecule has 0 aromatic carbocycles. The number of methoxy groups -OCH3 is 1. The van der Waals surface area contributed by atoms with Crippen LogP contribution in [0, 0.1) is 6.92 Å². The molecule has 1 heterocycles. The predicted octanol–water partition coefficient (Wildman–Crippen LogP) is 0.857. The van der Waals surface area contributed by atoms with Gasteiger partial charge in [0.25, 0.3) is 0 Å². The van der Waals surface area contributed by atoms with E-state index in [4.69, 9.17) is 10.5 Å². The normalized spacial score (nSPS) is 13.4. The third-order valence-corrected chi connectivity index (χ3v) is 3.29. The van der Waals surface area contributed by atoms with Crippen LogP contribution < -0.4 is 5.73 Å². The standard InChI is InChI=1S/C10H19N3OS/c1-8-10(15-7-12-8)6-13(2)5-9(4-11)14-3/h7,9H,4-6,11H2,1-3H3. The fraction of sp³-hybridized carbons (Fsp3) is 0.700. The van der Waals surface area contributed by atoms with Crippen molar-refractivity contribution in [2.24, 2.45) is 5.73 Å². The van der Waals surface area contributed by atoms with Crippen LogP contribution in [0.3, 0.4) is 0 Å². The maximum atomic E-state index is 5.57. The molecule has 0 amide bonds. The summed E-state index contributed by atoms with van der Waals surface area (Å²) in [6.45, 7) is 4.36. The topological polar surface area (TPSA) is 51.4 Å². The summed E-state index contributed by atoms with van der Waals surface area (Å²) >= 11 is 1.70. The van der Waals surface area contributed by atoms with Crippen LogP contribution >= 0.6 is 11.3 Å². The zero-order chi connectivity index (χ0) is 11.3. The highest BCUT2D eigenvalue weighted by Gasteiger charge is 2.10. The molecule has 1 aromatic rings. The van der Waals surface area contributed by atoms with Crippen LogP contribution in [0.15, 0.2) is 5.51 Å². The van der Waals surface area contributed by atoms with Gasteiger partial charge in [-0.15, -0.1) is 11.3 Å². The van der Waals surface area contributed by atoms with Gasteiger partial charge in [0, 0.05) is 31.6 Å². The van der Waals surface area contributed by atoms with E-state index in [-0.39, 0.29) is 6.10 Å².